The van der Waals surface area contributed by atoms with Gasteiger partial charge in [0.25, 0.3) is 0 Å². The molecule has 1 amide bonds. The van der Waals surface area contributed by atoms with Crippen molar-refractivity contribution in [3.05, 3.63) is 23.9 Å². The molecule has 17 heavy (non-hydrogen) atoms. The van der Waals surface area contributed by atoms with Gasteiger partial charge < -0.3 is 0 Å². The number of carbonyl (C=O) groups excluding carboxylic acids is 2. The fourth-order valence-corrected chi connectivity index (χ4v) is 1.43. The first-order chi connectivity index (χ1) is 8.04. The first kappa shape index (κ1) is 11.3. The third kappa shape index (κ3) is 2.66. The van der Waals surface area contributed by atoms with Gasteiger partial charge in [-0.25, -0.2) is 4.52 Å². The normalized spacial score (nSPS) is 10.5. The average molecular weight is 232 g/mol. The number of nitrogens with zero attached hydrogens (tertiary/aromatic N) is 3. The summed E-state index contributed by atoms with van der Waals surface area (Å²) in [4.78, 5) is 26.2. The summed E-state index contributed by atoms with van der Waals surface area (Å²) in [7, 11) is 0. The molecule has 2 aromatic heterocycles. The summed E-state index contributed by atoms with van der Waals surface area (Å²) in [6.45, 7) is 3.30. The van der Waals surface area contributed by atoms with Crippen LogP contribution in [-0.4, -0.2) is 26.3 Å². The predicted octanol–water partition coefficient (Wildman–Crippen LogP) is 0.955. The largest absolute Gasteiger partial charge is 0.299 e. The van der Waals surface area contributed by atoms with Gasteiger partial charge >= 0.3 is 0 Å². The molecule has 88 valence electrons. The third-order valence-corrected chi connectivity index (χ3v) is 2.14. The van der Waals surface area contributed by atoms with Gasteiger partial charge in [0, 0.05) is 6.20 Å². The van der Waals surface area contributed by atoms with Crippen molar-refractivity contribution in [3.63, 3.8) is 0 Å². The van der Waals surface area contributed by atoms with Crippen molar-refractivity contribution in [2.75, 3.05) is 5.32 Å². The molecule has 0 aliphatic heterocycles. The van der Waals surface area contributed by atoms with E-state index >= 15 is 0 Å². The van der Waals surface area contributed by atoms with Gasteiger partial charge in [-0.1, -0.05) is 6.07 Å². The summed E-state index contributed by atoms with van der Waals surface area (Å²) in [5.74, 6) is -0.380. The third-order valence-electron chi connectivity index (χ3n) is 2.14. The lowest BCUT2D eigenvalue weighted by Gasteiger charge is -1.96. The number of aryl methyl sites for hydroxylation is 1. The molecule has 0 bridgehead atoms. The lowest BCUT2D eigenvalue weighted by atomic mass is 10.3. The molecule has 0 saturated heterocycles. The summed E-state index contributed by atoms with van der Waals surface area (Å²) >= 11 is 0. The van der Waals surface area contributed by atoms with Crippen LogP contribution in [0.5, 0.6) is 0 Å². The van der Waals surface area contributed by atoms with Crippen molar-refractivity contribution in [2.45, 2.75) is 20.3 Å². The Morgan fingerprint density at radius 1 is 1.41 bits per heavy atom. The smallest absolute Gasteiger partial charge is 0.249 e. The molecule has 0 unspecified atom stereocenters. The van der Waals surface area contributed by atoms with Crippen LogP contribution < -0.4 is 5.32 Å². The number of amides is 1. The molecule has 0 fully saturated rings. The van der Waals surface area contributed by atoms with Crippen LogP contribution in [0.25, 0.3) is 5.65 Å². The molecule has 2 rings (SSSR count). The molecule has 0 spiro atoms. The minimum Gasteiger partial charge on any atom is -0.299 e. The van der Waals surface area contributed by atoms with E-state index < -0.39 is 5.91 Å². The Morgan fingerprint density at radius 2 is 2.18 bits per heavy atom. The fraction of sp³-hybridized carbons (Fsp3) is 0.273. The highest BCUT2D eigenvalue weighted by molar-refractivity contribution is 6.02. The molecule has 0 aliphatic rings. The summed E-state index contributed by atoms with van der Waals surface area (Å²) in [6, 6.07) is 3.72. The SMILES string of the molecule is CC(=O)CC(=O)Nc1nc2ccc(C)cn2n1. The molecule has 0 aliphatic carbocycles. The molecular weight excluding hydrogens is 220 g/mol. The van der Waals surface area contributed by atoms with E-state index in [1.54, 1.807) is 4.52 Å². The Hall–Kier alpha value is -2.24. The molecule has 2 heterocycles. The van der Waals surface area contributed by atoms with Gasteiger partial charge in [-0.15, -0.1) is 5.10 Å². The number of carbonyl (C=O) groups is 2. The van der Waals surface area contributed by atoms with Crippen LogP contribution in [0.2, 0.25) is 0 Å². The molecule has 0 saturated carbocycles. The highest BCUT2D eigenvalue weighted by atomic mass is 16.2. The molecular formula is C11H12N4O2. The summed E-state index contributed by atoms with van der Waals surface area (Å²) in [6.07, 6.45) is 1.65. The number of hydrogen-bond donors (Lipinski definition) is 1. The Bertz CT molecular complexity index is 588. The number of Topliss-reactive ketones (excluding diaryl/α,β-unsaturated/α-hetero) is 1. The Balaban J connectivity index is 2.19. The van der Waals surface area contributed by atoms with Crippen LogP contribution >= 0.6 is 0 Å². The summed E-state index contributed by atoms with van der Waals surface area (Å²) in [5.41, 5.74) is 1.69. The number of anilines is 1. The van der Waals surface area contributed by atoms with Crippen LogP contribution in [0, 0.1) is 6.92 Å². The van der Waals surface area contributed by atoms with E-state index in [2.05, 4.69) is 15.4 Å². The van der Waals surface area contributed by atoms with E-state index in [4.69, 9.17) is 0 Å². The summed E-state index contributed by atoms with van der Waals surface area (Å²) < 4.78 is 1.58. The van der Waals surface area contributed by atoms with Crippen molar-refractivity contribution in [1.29, 1.82) is 0 Å². The zero-order valence-corrected chi connectivity index (χ0v) is 9.60. The molecule has 0 atom stereocenters. The van der Waals surface area contributed by atoms with Crippen molar-refractivity contribution in [2.24, 2.45) is 0 Å². The monoisotopic (exact) mass is 232 g/mol. The number of nitrogens with one attached hydrogen (secondary N) is 1. The maximum absolute atomic E-state index is 11.3. The maximum Gasteiger partial charge on any atom is 0.249 e. The standard InChI is InChI=1S/C11H12N4O2/c1-7-3-4-9-12-11(14-15(9)6-7)13-10(17)5-8(2)16/h3-4,6H,5H2,1-2H3,(H,13,14,17). The molecule has 0 radical (unpaired) electrons. The van der Waals surface area contributed by atoms with Gasteiger partial charge in [0.15, 0.2) is 5.65 Å². The Labute approximate surface area is 97.7 Å². The van der Waals surface area contributed by atoms with E-state index in [1.165, 1.54) is 6.92 Å². The van der Waals surface area contributed by atoms with E-state index in [0.29, 0.717) is 5.65 Å². The van der Waals surface area contributed by atoms with E-state index in [0.717, 1.165) is 5.56 Å². The lowest BCUT2D eigenvalue weighted by Crippen LogP contribution is -2.15. The van der Waals surface area contributed by atoms with Crippen LogP contribution in [-0.2, 0) is 9.59 Å². The number of aromatic nitrogens is 3. The molecule has 6 nitrogen and oxygen atoms in total. The number of rotatable bonds is 3. The first-order valence-electron chi connectivity index (χ1n) is 5.17. The Morgan fingerprint density at radius 3 is 2.88 bits per heavy atom. The van der Waals surface area contributed by atoms with E-state index in [1.807, 2.05) is 25.3 Å². The second-order valence-electron chi connectivity index (χ2n) is 3.87. The predicted molar refractivity (Wildman–Crippen MR) is 61.7 cm³/mol. The Kier molecular flexibility index (Phi) is 2.86. The van der Waals surface area contributed by atoms with Gasteiger partial charge in [0.05, 0.1) is 6.42 Å². The minimum absolute atomic E-state index is 0.158. The minimum atomic E-state index is -0.398. The topological polar surface area (TPSA) is 76.4 Å². The van der Waals surface area contributed by atoms with Gasteiger partial charge in [0.1, 0.15) is 5.78 Å². The second kappa shape index (κ2) is 4.32. The van der Waals surface area contributed by atoms with Crippen molar-refractivity contribution in [1.82, 2.24) is 14.6 Å². The highest BCUT2D eigenvalue weighted by Crippen LogP contribution is 2.07. The van der Waals surface area contributed by atoms with Crippen LogP contribution in [0.3, 0.4) is 0 Å². The van der Waals surface area contributed by atoms with Crippen LogP contribution in [0.4, 0.5) is 5.95 Å². The lowest BCUT2D eigenvalue weighted by molar-refractivity contribution is -0.124. The van der Waals surface area contributed by atoms with Crippen molar-refractivity contribution < 1.29 is 9.59 Å². The van der Waals surface area contributed by atoms with E-state index in [-0.39, 0.29) is 18.2 Å². The fourth-order valence-electron chi connectivity index (χ4n) is 1.43. The van der Waals surface area contributed by atoms with Crippen LogP contribution in [0.1, 0.15) is 18.9 Å². The first-order valence-corrected chi connectivity index (χ1v) is 5.17. The quantitative estimate of drug-likeness (QED) is 0.799. The van der Waals surface area contributed by atoms with Gasteiger partial charge in [-0.3, -0.25) is 14.9 Å². The highest BCUT2D eigenvalue weighted by Gasteiger charge is 2.09. The maximum atomic E-state index is 11.3. The average Bonchev–Trinajstić information content (AvgIpc) is 2.57. The van der Waals surface area contributed by atoms with Gasteiger partial charge in [0.2, 0.25) is 11.9 Å². The van der Waals surface area contributed by atoms with Crippen LogP contribution in [0.15, 0.2) is 18.3 Å². The zero-order valence-electron chi connectivity index (χ0n) is 9.60. The number of ketones is 1. The van der Waals surface area contributed by atoms with Crippen molar-refractivity contribution in [3.8, 4) is 0 Å². The molecule has 1 N–H and O–H groups in total. The van der Waals surface area contributed by atoms with E-state index in [9.17, 15) is 9.59 Å². The number of pyridine rings is 1. The van der Waals surface area contributed by atoms with Gasteiger partial charge in [-0.05, 0) is 25.5 Å². The number of fused-ring (bicyclic) bond motifs is 1. The molecule has 0 aromatic carbocycles. The number of hydrogen-bond acceptors (Lipinski definition) is 4. The molecule has 6 heteroatoms. The van der Waals surface area contributed by atoms with Crippen molar-refractivity contribution >= 4 is 23.3 Å². The molecule has 2 aromatic rings. The van der Waals surface area contributed by atoms with Gasteiger partial charge in [-0.2, -0.15) is 4.98 Å². The summed E-state index contributed by atoms with van der Waals surface area (Å²) in [5, 5.41) is 6.56. The zero-order chi connectivity index (χ0) is 12.4. The second-order valence-corrected chi connectivity index (χ2v) is 3.87.